The molecule has 0 aliphatic carbocycles. The van der Waals surface area contributed by atoms with E-state index in [9.17, 15) is 20.1 Å². The van der Waals surface area contributed by atoms with Crippen LogP contribution in [0.5, 0.6) is 11.5 Å². The number of phenols is 2. The second-order valence-corrected chi connectivity index (χ2v) is 5.01. The molecule has 0 bridgehead atoms. The summed E-state index contributed by atoms with van der Waals surface area (Å²) in [4.78, 5) is 11.4. The maximum atomic E-state index is 11.4. The summed E-state index contributed by atoms with van der Waals surface area (Å²) >= 11 is 0. The quantitative estimate of drug-likeness (QED) is 0.572. The van der Waals surface area contributed by atoms with E-state index in [-0.39, 0.29) is 23.7 Å². The van der Waals surface area contributed by atoms with Crippen LogP contribution in [0, 0.1) is 0 Å². The molecule has 1 aliphatic heterocycles. The molecule has 0 saturated carbocycles. The van der Waals surface area contributed by atoms with Gasteiger partial charge in [-0.05, 0) is 24.5 Å². The van der Waals surface area contributed by atoms with E-state index in [1.165, 1.54) is 16.7 Å². The zero-order valence-electron chi connectivity index (χ0n) is 11.0. The van der Waals surface area contributed by atoms with Crippen molar-refractivity contribution in [2.24, 2.45) is 5.73 Å². The largest absolute Gasteiger partial charge is 0.508 e. The lowest BCUT2D eigenvalue weighted by Crippen LogP contribution is -2.23. The van der Waals surface area contributed by atoms with Crippen LogP contribution in [0.15, 0.2) is 12.1 Å². The number of phenolic OH excluding ortho intramolecular Hbond substituents is 2. The van der Waals surface area contributed by atoms with Crippen LogP contribution in [0.3, 0.4) is 0 Å². The normalized spacial score (nSPS) is 17.5. The van der Waals surface area contributed by atoms with Crippen LogP contribution in [0.2, 0.25) is 0 Å². The predicted octanol–water partition coefficient (Wildman–Crippen LogP) is -0.238. The summed E-state index contributed by atoms with van der Waals surface area (Å²) < 4.78 is 1.47. The molecule has 5 N–H and O–H groups in total. The number of hydrogen-bond donors (Lipinski definition) is 4. The first-order chi connectivity index (χ1) is 9.97. The van der Waals surface area contributed by atoms with E-state index in [1.807, 2.05) is 0 Å². The number of carbonyl (C=O) groups excluding carboxylic acids is 1. The molecule has 2 aromatic rings. The van der Waals surface area contributed by atoms with Gasteiger partial charge in [0.1, 0.15) is 11.5 Å². The van der Waals surface area contributed by atoms with Crippen molar-refractivity contribution < 1.29 is 20.1 Å². The second kappa shape index (κ2) is 4.74. The average Bonchev–Trinajstić information content (AvgIpc) is 2.77. The summed E-state index contributed by atoms with van der Waals surface area (Å²) in [6.07, 6.45) is -0.0433. The van der Waals surface area contributed by atoms with Gasteiger partial charge in [0.25, 0.3) is 5.91 Å². The predicted molar refractivity (Wildman–Crippen MR) is 71.6 cm³/mol. The molecule has 0 radical (unpaired) electrons. The Balaban J connectivity index is 2.28. The molecule has 1 aliphatic rings. The van der Waals surface area contributed by atoms with Crippen molar-refractivity contribution in [1.82, 2.24) is 14.8 Å². The molecule has 0 spiro atoms. The van der Waals surface area contributed by atoms with E-state index in [4.69, 9.17) is 5.73 Å². The van der Waals surface area contributed by atoms with E-state index in [0.29, 0.717) is 29.9 Å². The highest BCUT2D eigenvalue weighted by Crippen LogP contribution is 2.37. The minimum absolute atomic E-state index is 0.0301. The third-order valence-corrected chi connectivity index (χ3v) is 3.52. The molecule has 8 nitrogen and oxygen atoms in total. The number of aromatic nitrogens is 3. The minimum atomic E-state index is -0.733. The number of aromatic hydroxyl groups is 2. The SMILES string of the molecule is NC(=O)c1nnc2n1CCC(O)Cc1cc(O)cc(O)c1-2. The van der Waals surface area contributed by atoms with Gasteiger partial charge in [0.2, 0.25) is 5.82 Å². The van der Waals surface area contributed by atoms with Crippen molar-refractivity contribution >= 4 is 5.91 Å². The summed E-state index contributed by atoms with van der Waals surface area (Å²) in [6, 6.07) is 2.63. The van der Waals surface area contributed by atoms with Gasteiger partial charge in [0.05, 0.1) is 11.7 Å². The summed E-state index contributed by atoms with van der Waals surface area (Å²) in [5.74, 6) is -0.770. The highest BCUT2D eigenvalue weighted by atomic mass is 16.3. The van der Waals surface area contributed by atoms with Gasteiger partial charge in [0, 0.05) is 12.6 Å². The Morgan fingerprint density at radius 2 is 2.10 bits per heavy atom. The number of benzene rings is 1. The Kier molecular flexibility index (Phi) is 3.02. The number of primary amides is 1. The summed E-state index contributed by atoms with van der Waals surface area (Å²) in [6.45, 7) is 0.307. The minimum Gasteiger partial charge on any atom is -0.508 e. The molecule has 0 saturated heterocycles. The van der Waals surface area contributed by atoms with Crippen LogP contribution in [-0.4, -0.2) is 42.1 Å². The highest BCUT2D eigenvalue weighted by molar-refractivity contribution is 5.90. The van der Waals surface area contributed by atoms with Crippen molar-refractivity contribution in [3.05, 3.63) is 23.5 Å². The fourth-order valence-electron chi connectivity index (χ4n) is 2.60. The molecule has 110 valence electrons. The van der Waals surface area contributed by atoms with E-state index >= 15 is 0 Å². The van der Waals surface area contributed by atoms with Gasteiger partial charge < -0.3 is 25.6 Å². The maximum Gasteiger partial charge on any atom is 0.286 e. The highest BCUT2D eigenvalue weighted by Gasteiger charge is 2.26. The fraction of sp³-hybridized carbons (Fsp3) is 0.308. The van der Waals surface area contributed by atoms with Crippen LogP contribution in [0.1, 0.15) is 22.6 Å². The summed E-state index contributed by atoms with van der Waals surface area (Å²) in [5, 5.41) is 37.4. The van der Waals surface area contributed by atoms with E-state index in [0.717, 1.165) is 0 Å². The fourth-order valence-corrected chi connectivity index (χ4v) is 2.60. The lowest BCUT2D eigenvalue weighted by Gasteiger charge is -2.20. The summed E-state index contributed by atoms with van der Waals surface area (Å²) in [7, 11) is 0. The van der Waals surface area contributed by atoms with Crippen molar-refractivity contribution in [2.75, 3.05) is 0 Å². The third-order valence-electron chi connectivity index (χ3n) is 3.52. The standard InChI is InChI=1S/C13H14N4O4/c14-11(21)13-16-15-12-10-6(4-8(19)5-9(10)20)3-7(18)1-2-17(12)13/h4-5,7,18-20H,1-3H2,(H2,14,21). The lowest BCUT2D eigenvalue weighted by molar-refractivity contribution is 0.0982. The van der Waals surface area contributed by atoms with Gasteiger partial charge in [0.15, 0.2) is 5.82 Å². The van der Waals surface area contributed by atoms with Gasteiger partial charge in [-0.25, -0.2) is 0 Å². The van der Waals surface area contributed by atoms with Crippen molar-refractivity contribution in [3.8, 4) is 22.9 Å². The zero-order chi connectivity index (χ0) is 15.1. The van der Waals surface area contributed by atoms with E-state index in [2.05, 4.69) is 10.2 Å². The first-order valence-electron chi connectivity index (χ1n) is 6.43. The van der Waals surface area contributed by atoms with Gasteiger partial charge in [-0.1, -0.05) is 0 Å². The van der Waals surface area contributed by atoms with Crippen LogP contribution in [0.25, 0.3) is 11.4 Å². The second-order valence-electron chi connectivity index (χ2n) is 5.01. The van der Waals surface area contributed by atoms with Crippen LogP contribution in [0.4, 0.5) is 0 Å². The molecular weight excluding hydrogens is 276 g/mol. The number of carbonyl (C=O) groups is 1. The Morgan fingerprint density at radius 1 is 1.33 bits per heavy atom. The number of rotatable bonds is 1. The van der Waals surface area contributed by atoms with Crippen LogP contribution < -0.4 is 5.73 Å². The third kappa shape index (κ3) is 2.19. The molecule has 8 heteroatoms. The molecule has 1 aromatic carbocycles. The molecule has 3 rings (SSSR count). The van der Waals surface area contributed by atoms with Gasteiger partial charge >= 0.3 is 0 Å². The van der Waals surface area contributed by atoms with E-state index in [1.54, 1.807) is 0 Å². The molecular formula is C13H14N4O4. The monoisotopic (exact) mass is 290 g/mol. The smallest absolute Gasteiger partial charge is 0.286 e. The number of aliphatic hydroxyl groups excluding tert-OH is 1. The number of hydrogen-bond acceptors (Lipinski definition) is 6. The Labute approximate surface area is 119 Å². The Hall–Kier alpha value is -2.61. The zero-order valence-corrected chi connectivity index (χ0v) is 11.0. The lowest BCUT2D eigenvalue weighted by atomic mass is 9.96. The molecule has 1 aromatic heterocycles. The average molecular weight is 290 g/mol. The first kappa shape index (κ1) is 13.4. The van der Waals surface area contributed by atoms with Crippen molar-refractivity contribution in [1.29, 1.82) is 0 Å². The Morgan fingerprint density at radius 3 is 2.81 bits per heavy atom. The molecule has 2 heterocycles. The van der Waals surface area contributed by atoms with Crippen molar-refractivity contribution in [3.63, 3.8) is 0 Å². The first-order valence-corrected chi connectivity index (χ1v) is 6.43. The number of amides is 1. The number of fused-ring (bicyclic) bond motifs is 3. The summed E-state index contributed by atoms with van der Waals surface area (Å²) in [5.41, 5.74) is 6.13. The van der Waals surface area contributed by atoms with Gasteiger partial charge in [-0.15, -0.1) is 10.2 Å². The van der Waals surface area contributed by atoms with Gasteiger partial charge in [-0.3, -0.25) is 4.79 Å². The molecule has 1 unspecified atom stereocenters. The van der Waals surface area contributed by atoms with E-state index < -0.39 is 12.0 Å². The van der Waals surface area contributed by atoms with Crippen LogP contribution >= 0.6 is 0 Å². The molecule has 0 fully saturated rings. The molecule has 1 atom stereocenters. The van der Waals surface area contributed by atoms with Gasteiger partial charge in [-0.2, -0.15) is 0 Å². The maximum absolute atomic E-state index is 11.4. The number of nitrogens with zero attached hydrogens (tertiary/aromatic N) is 3. The number of aliphatic hydroxyl groups is 1. The number of nitrogens with two attached hydrogens (primary N) is 1. The topological polar surface area (TPSA) is 134 Å². The Bertz CT molecular complexity index is 725. The van der Waals surface area contributed by atoms with Crippen molar-refractivity contribution in [2.45, 2.75) is 25.5 Å². The molecule has 1 amide bonds. The van der Waals surface area contributed by atoms with Crippen LogP contribution in [-0.2, 0) is 13.0 Å². The molecule has 21 heavy (non-hydrogen) atoms.